The molecular weight excluding hydrogens is 379 g/mol. The molecule has 1 aromatic carbocycles. The van der Waals surface area contributed by atoms with Crippen molar-refractivity contribution in [3.05, 3.63) is 40.8 Å². The van der Waals surface area contributed by atoms with E-state index in [1.54, 1.807) is 6.07 Å². The average Bonchev–Trinajstić information content (AvgIpc) is 3.06. The van der Waals surface area contributed by atoms with Crippen LogP contribution in [0.15, 0.2) is 28.0 Å². The van der Waals surface area contributed by atoms with Crippen LogP contribution in [0.2, 0.25) is 0 Å². The van der Waals surface area contributed by atoms with Crippen LogP contribution in [0.4, 0.5) is 10.2 Å². The molecular formula is C15H19FN6O4S. The zero-order valence-corrected chi connectivity index (χ0v) is 15.0. The molecule has 5 N–H and O–H groups in total. The molecule has 3 rings (SSSR count). The number of aliphatic hydroxyl groups is 1. The maximum absolute atomic E-state index is 13.4. The van der Waals surface area contributed by atoms with Crippen LogP contribution in [0.1, 0.15) is 22.9 Å². The number of halogens is 1. The van der Waals surface area contributed by atoms with Crippen molar-refractivity contribution in [2.24, 2.45) is 5.16 Å². The van der Waals surface area contributed by atoms with Crippen LogP contribution in [0.25, 0.3) is 0 Å². The van der Waals surface area contributed by atoms with E-state index in [1.807, 2.05) is 0 Å². The molecule has 2 atom stereocenters. The normalized spacial score (nSPS) is 18.3. The molecule has 12 heteroatoms. The Morgan fingerprint density at radius 1 is 1.44 bits per heavy atom. The van der Waals surface area contributed by atoms with E-state index in [0.29, 0.717) is 6.42 Å². The Morgan fingerprint density at radius 2 is 2.26 bits per heavy atom. The van der Waals surface area contributed by atoms with Gasteiger partial charge in [0.1, 0.15) is 5.82 Å². The summed E-state index contributed by atoms with van der Waals surface area (Å²) in [6.45, 7) is -0.201. The molecule has 0 bridgehead atoms. The van der Waals surface area contributed by atoms with E-state index in [2.05, 4.69) is 30.7 Å². The Bertz CT molecular complexity index is 946. The number of nitrogens with one attached hydrogen (secondary N) is 3. The summed E-state index contributed by atoms with van der Waals surface area (Å²) in [6, 6.07) is 4.26. The van der Waals surface area contributed by atoms with Gasteiger partial charge in [0.05, 0.1) is 18.4 Å². The number of aliphatic hydroxyl groups excluding tert-OH is 1. The molecule has 146 valence electrons. The molecule has 1 aromatic heterocycles. The van der Waals surface area contributed by atoms with Crippen LogP contribution in [0, 0.1) is 10.6 Å². The van der Waals surface area contributed by atoms with Crippen molar-refractivity contribution in [3.63, 3.8) is 0 Å². The highest BCUT2D eigenvalue weighted by molar-refractivity contribution is 7.92. The molecule has 0 aliphatic heterocycles. The van der Waals surface area contributed by atoms with Gasteiger partial charge in [-0.1, -0.05) is 11.2 Å². The van der Waals surface area contributed by atoms with Gasteiger partial charge in [-0.05, 0) is 40.0 Å². The minimum Gasteiger partial charge on any atom is -0.409 e. The van der Waals surface area contributed by atoms with Crippen LogP contribution in [0.3, 0.4) is 0 Å². The molecule has 1 aliphatic carbocycles. The Kier molecular flexibility index (Phi) is 5.56. The Labute approximate surface area is 154 Å². The minimum atomic E-state index is -2.90. The van der Waals surface area contributed by atoms with Crippen LogP contribution in [0.5, 0.6) is 0 Å². The Morgan fingerprint density at radius 3 is 3.00 bits per heavy atom. The molecule has 1 unspecified atom stereocenters. The van der Waals surface area contributed by atoms with Gasteiger partial charge in [0.25, 0.3) is 0 Å². The SMILES string of the molecule is N=S(=O)(CCO)CCNc1nonc1C(=NO)N[C@H]1Cc2ccc(F)cc21. The molecule has 2 aromatic rings. The smallest absolute Gasteiger partial charge is 0.202 e. The van der Waals surface area contributed by atoms with Gasteiger partial charge in [-0.15, -0.1) is 0 Å². The molecule has 1 aliphatic rings. The summed E-state index contributed by atoms with van der Waals surface area (Å²) < 4.78 is 37.5. The second kappa shape index (κ2) is 7.88. The van der Waals surface area contributed by atoms with Gasteiger partial charge in [0, 0.05) is 22.0 Å². The minimum absolute atomic E-state index is 0.00579. The molecule has 0 spiro atoms. The van der Waals surface area contributed by atoms with Crippen LogP contribution < -0.4 is 10.6 Å². The Balaban J connectivity index is 1.65. The maximum Gasteiger partial charge on any atom is 0.202 e. The fraction of sp³-hybridized carbons (Fsp3) is 0.400. The molecule has 0 fully saturated rings. The monoisotopic (exact) mass is 398 g/mol. The summed E-state index contributed by atoms with van der Waals surface area (Å²) in [6.07, 6.45) is 0.630. The highest BCUT2D eigenvalue weighted by Crippen LogP contribution is 2.33. The van der Waals surface area contributed by atoms with E-state index < -0.39 is 9.73 Å². The standard InChI is InChI=1S/C15H19FN6O4S/c16-10-2-1-9-7-12(11(9)8-10)19-15(20-24)13-14(22-26-21-13)18-3-5-27(17,25)6-4-23/h1-2,8,12,17,23-24H,3-7H2,(H,18,22)(H,19,20)/t12-,27?/m0/s1. The number of nitrogens with zero attached hydrogens (tertiary/aromatic N) is 3. The topological polar surface area (TPSA) is 157 Å². The second-order valence-electron chi connectivity index (χ2n) is 6.02. The number of hydrogen-bond donors (Lipinski definition) is 5. The lowest BCUT2D eigenvalue weighted by molar-refractivity contribution is 0.303. The van der Waals surface area contributed by atoms with E-state index in [-0.39, 0.29) is 53.9 Å². The molecule has 0 saturated carbocycles. The summed E-state index contributed by atoms with van der Waals surface area (Å²) in [7, 11) is -2.90. The van der Waals surface area contributed by atoms with Gasteiger partial charge >= 0.3 is 0 Å². The van der Waals surface area contributed by atoms with Crippen molar-refractivity contribution >= 4 is 21.4 Å². The van der Waals surface area contributed by atoms with E-state index in [4.69, 9.17) is 9.89 Å². The van der Waals surface area contributed by atoms with Gasteiger partial charge in [-0.25, -0.2) is 13.2 Å². The summed E-state index contributed by atoms with van der Waals surface area (Å²) in [5, 5.41) is 34.4. The summed E-state index contributed by atoms with van der Waals surface area (Å²) in [5.41, 5.74) is 1.86. The number of amidine groups is 1. The van der Waals surface area contributed by atoms with E-state index >= 15 is 0 Å². The van der Waals surface area contributed by atoms with Gasteiger partial charge in [0.2, 0.25) is 5.82 Å². The largest absolute Gasteiger partial charge is 0.409 e. The lowest BCUT2D eigenvalue weighted by atomic mass is 9.83. The number of anilines is 1. The van der Waals surface area contributed by atoms with E-state index in [0.717, 1.165) is 11.1 Å². The lowest BCUT2D eigenvalue weighted by Crippen LogP contribution is -2.37. The molecule has 27 heavy (non-hydrogen) atoms. The first-order chi connectivity index (χ1) is 12.9. The molecule has 0 radical (unpaired) electrons. The van der Waals surface area contributed by atoms with Crippen LogP contribution in [-0.4, -0.2) is 55.3 Å². The zero-order chi connectivity index (χ0) is 19.4. The van der Waals surface area contributed by atoms with Crippen LogP contribution in [-0.2, 0) is 16.1 Å². The number of fused-ring (bicyclic) bond motifs is 1. The van der Waals surface area contributed by atoms with Crippen molar-refractivity contribution in [1.82, 2.24) is 15.6 Å². The summed E-state index contributed by atoms with van der Waals surface area (Å²) in [5.74, 6) is -0.334. The van der Waals surface area contributed by atoms with Gasteiger partial charge in [-0.2, -0.15) is 0 Å². The third kappa shape index (κ3) is 4.34. The zero-order valence-electron chi connectivity index (χ0n) is 14.2. The third-order valence-electron chi connectivity index (χ3n) is 4.18. The van der Waals surface area contributed by atoms with E-state index in [9.17, 15) is 13.8 Å². The lowest BCUT2D eigenvalue weighted by Gasteiger charge is -2.31. The summed E-state index contributed by atoms with van der Waals surface area (Å²) >= 11 is 0. The molecule has 10 nitrogen and oxygen atoms in total. The number of aromatic nitrogens is 2. The predicted octanol–water partition coefficient (Wildman–Crippen LogP) is 0.682. The number of oxime groups is 1. The molecule has 0 amide bonds. The number of benzene rings is 1. The second-order valence-corrected chi connectivity index (χ2v) is 8.46. The Hall–Kier alpha value is -2.73. The first-order valence-corrected chi connectivity index (χ1v) is 10.0. The first-order valence-electron chi connectivity index (χ1n) is 8.12. The average molecular weight is 398 g/mol. The van der Waals surface area contributed by atoms with Gasteiger partial charge < -0.3 is 20.9 Å². The van der Waals surface area contributed by atoms with Crippen molar-refractivity contribution in [1.29, 1.82) is 4.78 Å². The summed E-state index contributed by atoms with van der Waals surface area (Å²) in [4.78, 5) is 0. The first kappa shape index (κ1) is 19.0. The maximum atomic E-state index is 13.4. The molecule has 0 saturated heterocycles. The third-order valence-corrected chi connectivity index (χ3v) is 5.88. The highest BCUT2D eigenvalue weighted by Gasteiger charge is 2.29. The highest BCUT2D eigenvalue weighted by atomic mass is 32.2. The fourth-order valence-electron chi connectivity index (χ4n) is 2.76. The van der Waals surface area contributed by atoms with Gasteiger partial charge in [0.15, 0.2) is 11.5 Å². The van der Waals surface area contributed by atoms with E-state index in [1.165, 1.54) is 12.1 Å². The number of hydrogen-bond acceptors (Lipinski definition) is 9. The van der Waals surface area contributed by atoms with Crippen molar-refractivity contribution in [2.45, 2.75) is 12.5 Å². The van der Waals surface area contributed by atoms with Crippen molar-refractivity contribution in [3.8, 4) is 0 Å². The fourth-order valence-corrected chi connectivity index (χ4v) is 3.69. The van der Waals surface area contributed by atoms with Crippen LogP contribution >= 0.6 is 0 Å². The molecule has 1 heterocycles. The van der Waals surface area contributed by atoms with Crippen molar-refractivity contribution in [2.75, 3.05) is 30.0 Å². The number of rotatable bonds is 8. The predicted molar refractivity (Wildman–Crippen MR) is 94.8 cm³/mol. The quantitative estimate of drug-likeness (QED) is 0.188. The van der Waals surface area contributed by atoms with Gasteiger partial charge in [-0.3, -0.25) is 4.78 Å². The van der Waals surface area contributed by atoms with Crippen molar-refractivity contribution < 1.29 is 23.5 Å².